The lowest BCUT2D eigenvalue weighted by atomic mass is 10.00. The number of carbonyl (C=O) groups excluding carboxylic acids is 4. The molecular weight excluding hydrogens is 685 g/mol. The minimum atomic E-state index is -0.620. The number of amides is 5. The van der Waals surface area contributed by atoms with E-state index in [1.807, 2.05) is 37.6 Å². The first-order valence-electron chi connectivity index (χ1n) is 17.2. The molecule has 0 aliphatic heterocycles. The fourth-order valence-corrected chi connectivity index (χ4v) is 6.53. The quantitative estimate of drug-likeness (QED) is 0.0948. The SMILES string of the molecule is CCCN(Cc1ncc(-c2ccc(-c3ccc(-c4cnc(CN(CCC)C(=O)CNC(=O)NC)[nH]4)c4ncsc34)cc2)[nH]1)C(=O)CNC(=O)OCC. The zero-order valence-electron chi connectivity index (χ0n) is 29.7. The van der Waals surface area contributed by atoms with E-state index in [9.17, 15) is 19.2 Å². The number of aromatic nitrogens is 5. The number of ether oxygens (including phenoxy) is 1. The number of imidazole rings is 2. The molecule has 0 radical (unpaired) electrons. The average molecular weight is 729 g/mol. The van der Waals surface area contributed by atoms with E-state index in [1.54, 1.807) is 40.5 Å². The monoisotopic (exact) mass is 728 g/mol. The van der Waals surface area contributed by atoms with E-state index in [0.717, 1.165) is 56.7 Å². The predicted octanol–water partition coefficient (Wildman–Crippen LogP) is 4.90. The third-order valence-corrected chi connectivity index (χ3v) is 9.06. The molecule has 0 fully saturated rings. The second-order valence-electron chi connectivity index (χ2n) is 11.9. The van der Waals surface area contributed by atoms with Crippen LogP contribution in [0.3, 0.4) is 0 Å². The van der Waals surface area contributed by atoms with Crippen molar-refractivity contribution in [3.05, 3.63) is 66.0 Å². The second kappa shape index (κ2) is 17.9. The molecule has 0 saturated carbocycles. The maximum Gasteiger partial charge on any atom is 0.407 e. The fourth-order valence-electron chi connectivity index (χ4n) is 5.68. The van der Waals surface area contributed by atoms with Crippen LogP contribution in [0.25, 0.3) is 43.9 Å². The minimum Gasteiger partial charge on any atom is -0.450 e. The lowest BCUT2D eigenvalue weighted by Crippen LogP contribution is -2.43. The van der Waals surface area contributed by atoms with Crippen LogP contribution in [-0.4, -0.2) is 98.5 Å². The van der Waals surface area contributed by atoms with Crippen molar-refractivity contribution in [2.75, 3.05) is 39.8 Å². The summed E-state index contributed by atoms with van der Waals surface area (Å²) in [6, 6.07) is 11.9. The van der Waals surface area contributed by atoms with Crippen LogP contribution in [0.1, 0.15) is 45.3 Å². The Morgan fingerprint density at radius 2 is 1.33 bits per heavy atom. The molecule has 5 N–H and O–H groups in total. The van der Waals surface area contributed by atoms with Crippen LogP contribution in [0.4, 0.5) is 9.59 Å². The van der Waals surface area contributed by atoms with Gasteiger partial charge >= 0.3 is 12.1 Å². The Labute approximate surface area is 305 Å². The van der Waals surface area contributed by atoms with Gasteiger partial charge in [0.05, 0.1) is 65.7 Å². The van der Waals surface area contributed by atoms with Crippen LogP contribution >= 0.6 is 11.3 Å². The Hall–Kier alpha value is -5.77. The van der Waals surface area contributed by atoms with E-state index in [0.29, 0.717) is 24.7 Å². The van der Waals surface area contributed by atoms with Gasteiger partial charge in [0.15, 0.2) is 0 Å². The van der Waals surface area contributed by atoms with Crippen molar-refractivity contribution >= 4 is 45.5 Å². The van der Waals surface area contributed by atoms with Crippen molar-refractivity contribution in [1.82, 2.24) is 50.7 Å². The van der Waals surface area contributed by atoms with Gasteiger partial charge in [0.2, 0.25) is 11.8 Å². The van der Waals surface area contributed by atoms with Crippen LogP contribution in [-0.2, 0) is 27.4 Å². The molecule has 16 heteroatoms. The minimum absolute atomic E-state index is 0.100. The standard InChI is InChI=1S/C36H44N10O5S/c1-5-14-45(31(47)18-40-35(49)37-4)21-30-39-17-28(44-30)26-13-12-25(34-33(26)42-22-52-34)23-8-10-24(11-9-23)27-16-38-29(43-27)20-46(15-6-2)32(48)19-41-36(50)51-7-3/h8-13,16-17,22H,5-7,14-15,18-21H2,1-4H3,(H,38,43)(H,39,44)(H,41,50)(H2,37,40,49). The number of thiazole rings is 1. The number of nitrogens with one attached hydrogen (secondary N) is 5. The normalized spacial score (nSPS) is 10.9. The molecule has 5 aromatic rings. The van der Waals surface area contributed by atoms with Gasteiger partial charge in [-0.2, -0.15) is 0 Å². The number of carbonyl (C=O) groups is 4. The molecule has 3 aromatic heterocycles. The van der Waals surface area contributed by atoms with Gasteiger partial charge in [0.25, 0.3) is 0 Å². The molecule has 0 bridgehead atoms. The van der Waals surface area contributed by atoms with Crippen LogP contribution < -0.4 is 16.0 Å². The van der Waals surface area contributed by atoms with Crippen molar-refractivity contribution < 1.29 is 23.9 Å². The van der Waals surface area contributed by atoms with Crippen LogP contribution in [0.2, 0.25) is 0 Å². The number of aromatic amines is 2. The number of hydrogen-bond donors (Lipinski definition) is 5. The Balaban J connectivity index is 1.27. The number of rotatable bonds is 16. The predicted molar refractivity (Wildman–Crippen MR) is 199 cm³/mol. The van der Waals surface area contributed by atoms with Crippen LogP contribution in [0.15, 0.2) is 54.3 Å². The number of H-pyrrole nitrogens is 2. The Morgan fingerprint density at radius 1 is 0.750 bits per heavy atom. The summed E-state index contributed by atoms with van der Waals surface area (Å²) in [5.41, 5.74) is 8.23. The summed E-state index contributed by atoms with van der Waals surface area (Å²) < 4.78 is 5.88. The third kappa shape index (κ3) is 9.31. The van der Waals surface area contributed by atoms with E-state index in [4.69, 9.17) is 9.72 Å². The summed E-state index contributed by atoms with van der Waals surface area (Å²) in [6.07, 6.45) is 4.42. The van der Waals surface area contributed by atoms with Crippen LogP contribution in [0.5, 0.6) is 0 Å². The zero-order chi connectivity index (χ0) is 37.0. The van der Waals surface area contributed by atoms with Gasteiger partial charge in [-0.05, 0) is 37.0 Å². The molecule has 0 unspecified atom stereocenters. The van der Waals surface area contributed by atoms with E-state index in [1.165, 1.54) is 7.05 Å². The number of benzene rings is 2. The van der Waals surface area contributed by atoms with Crippen LogP contribution in [0, 0.1) is 0 Å². The number of hydrogen-bond acceptors (Lipinski definition) is 9. The summed E-state index contributed by atoms with van der Waals surface area (Å²) in [4.78, 5) is 72.5. The number of alkyl carbamates (subject to hydrolysis) is 1. The lowest BCUT2D eigenvalue weighted by molar-refractivity contribution is -0.131. The molecule has 5 amide bonds. The number of urea groups is 1. The lowest BCUT2D eigenvalue weighted by Gasteiger charge is -2.21. The van der Waals surface area contributed by atoms with Gasteiger partial charge in [-0.15, -0.1) is 11.3 Å². The fraction of sp³-hybridized carbons (Fsp3) is 0.361. The molecular formula is C36H44N10O5S. The first-order valence-corrected chi connectivity index (χ1v) is 18.1. The first kappa shape index (κ1) is 37.5. The van der Waals surface area contributed by atoms with Gasteiger partial charge in [-0.3, -0.25) is 9.59 Å². The molecule has 0 saturated heterocycles. The smallest absolute Gasteiger partial charge is 0.407 e. The summed E-state index contributed by atoms with van der Waals surface area (Å²) in [5, 5.41) is 7.49. The topological polar surface area (TPSA) is 190 Å². The molecule has 15 nitrogen and oxygen atoms in total. The largest absolute Gasteiger partial charge is 0.450 e. The summed E-state index contributed by atoms with van der Waals surface area (Å²) >= 11 is 1.56. The Morgan fingerprint density at radius 3 is 1.94 bits per heavy atom. The van der Waals surface area contributed by atoms with Gasteiger partial charge in [0, 0.05) is 31.3 Å². The molecule has 2 aromatic carbocycles. The Kier molecular flexibility index (Phi) is 12.9. The molecule has 5 rings (SSSR count). The highest BCUT2D eigenvalue weighted by Crippen LogP contribution is 2.37. The van der Waals surface area contributed by atoms with Crippen molar-refractivity contribution in [3.8, 4) is 33.6 Å². The zero-order valence-corrected chi connectivity index (χ0v) is 30.6. The molecule has 3 heterocycles. The summed E-state index contributed by atoms with van der Waals surface area (Å²) in [7, 11) is 1.50. The Bertz CT molecular complexity index is 1990. The highest BCUT2D eigenvalue weighted by atomic mass is 32.1. The van der Waals surface area contributed by atoms with Gasteiger partial charge in [-0.1, -0.05) is 44.2 Å². The van der Waals surface area contributed by atoms with Gasteiger partial charge in [0.1, 0.15) is 18.2 Å². The van der Waals surface area contributed by atoms with E-state index < -0.39 is 12.1 Å². The molecule has 0 aliphatic rings. The van der Waals surface area contributed by atoms with Crippen molar-refractivity contribution in [1.29, 1.82) is 0 Å². The molecule has 0 spiro atoms. The number of nitrogens with zero attached hydrogens (tertiary/aromatic N) is 5. The van der Waals surface area contributed by atoms with E-state index >= 15 is 0 Å². The van der Waals surface area contributed by atoms with Crippen molar-refractivity contribution in [3.63, 3.8) is 0 Å². The average Bonchev–Trinajstić information content (AvgIpc) is 3.94. The maximum atomic E-state index is 12.8. The highest BCUT2D eigenvalue weighted by Gasteiger charge is 2.19. The first-order chi connectivity index (χ1) is 25.2. The second-order valence-corrected chi connectivity index (χ2v) is 12.7. The molecule has 0 atom stereocenters. The van der Waals surface area contributed by atoms with E-state index in [2.05, 4.69) is 54.1 Å². The summed E-state index contributed by atoms with van der Waals surface area (Å²) in [5.74, 6) is 0.867. The number of fused-ring (bicyclic) bond motifs is 1. The molecule has 274 valence electrons. The maximum absolute atomic E-state index is 12.8. The van der Waals surface area contributed by atoms with Gasteiger partial charge < -0.3 is 40.5 Å². The van der Waals surface area contributed by atoms with E-state index in [-0.39, 0.29) is 44.6 Å². The summed E-state index contributed by atoms with van der Waals surface area (Å²) in [6.45, 7) is 7.30. The highest BCUT2D eigenvalue weighted by molar-refractivity contribution is 7.17. The van der Waals surface area contributed by atoms with Crippen molar-refractivity contribution in [2.45, 2.75) is 46.7 Å². The van der Waals surface area contributed by atoms with Crippen molar-refractivity contribution in [2.24, 2.45) is 0 Å². The molecule has 52 heavy (non-hydrogen) atoms. The molecule has 0 aliphatic carbocycles. The van der Waals surface area contributed by atoms with Gasteiger partial charge in [-0.25, -0.2) is 24.5 Å². The third-order valence-electron chi connectivity index (χ3n) is 8.20.